The molecule has 5 rings (SSSR count). The standard InChI is InChI=1S/C23H25N5O4S/c1-11-4-9-16(32-3)15(10-11)24-20(29)12(2)33-22-17-19(25-18(26-22)13-5-6-13)28(14-7-8-14)23(31)27-21(17)30/h4,9-10,12-14H,5-8H2,1-3H3,(H,24,29)(H,27,30,31). The Kier molecular flexibility index (Phi) is 5.48. The number of thioether (sulfide) groups is 1. The van der Waals surface area contributed by atoms with Crippen LogP contribution in [0.15, 0.2) is 32.8 Å². The molecular weight excluding hydrogens is 442 g/mol. The van der Waals surface area contributed by atoms with Crippen LogP contribution >= 0.6 is 11.8 Å². The van der Waals surface area contributed by atoms with E-state index in [1.807, 2.05) is 19.1 Å². The van der Waals surface area contributed by atoms with Gasteiger partial charge in [-0.05, 0) is 57.2 Å². The van der Waals surface area contributed by atoms with Crippen LogP contribution in [0.3, 0.4) is 0 Å². The molecule has 0 radical (unpaired) electrons. The fourth-order valence-corrected chi connectivity index (χ4v) is 4.74. The van der Waals surface area contributed by atoms with Crippen molar-refractivity contribution in [3.05, 3.63) is 50.4 Å². The van der Waals surface area contributed by atoms with Crippen LogP contribution < -0.4 is 21.3 Å². The zero-order valence-electron chi connectivity index (χ0n) is 18.7. The van der Waals surface area contributed by atoms with Crippen LogP contribution in [0.2, 0.25) is 0 Å². The minimum absolute atomic E-state index is 0.0474. The van der Waals surface area contributed by atoms with Crippen LogP contribution in [0.1, 0.15) is 56.0 Å². The lowest BCUT2D eigenvalue weighted by Crippen LogP contribution is -2.31. The first kappa shape index (κ1) is 21.7. The Morgan fingerprint density at radius 3 is 2.67 bits per heavy atom. The molecule has 0 aliphatic heterocycles. The first-order valence-corrected chi connectivity index (χ1v) is 11.9. The van der Waals surface area contributed by atoms with Gasteiger partial charge in [-0.25, -0.2) is 14.8 Å². The largest absolute Gasteiger partial charge is 0.495 e. The molecule has 1 atom stereocenters. The number of nitrogens with zero attached hydrogens (tertiary/aromatic N) is 3. The zero-order chi connectivity index (χ0) is 23.3. The third kappa shape index (κ3) is 4.27. The molecule has 1 unspecified atom stereocenters. The number of aromatic nitrogens is 4. The lowest BCUT2D eigenvalue weighted by molar-refractivity contribution is -0.115. The quantitative estimate of drug-likeness (QED) is 0.405. The number of amides is 1. The van der Waals surface area contributed by atoms with E-state index in [-0.39, 0.29) is 23.3 Å². The number of aromatic amines is 1. The average Bonchev–Trinajstić information content (AvgIpc) is 3.67. The van der Waals surface area contributed by atoms with Gasteiger partial charge in [0.1, 0.15) is 22.0 Å². The van der Waals surface area contributed by atoms with Gasteiger partial charge in [-0.3, -0.25) is 19.1 Å². The summed E-state index contributed by atoms with van der Waals surface area (Å²) in [6.45, 7) is 3.70. The summed E-state index contributed by atoms with van der Waals surface area (Å²) < 4.78 is 6.93. The normalized spacial score (nSPS) is 16.6. The van der Waals surface area contributed by atoms with Gasteiger partial charge in [-0.1, -0.05) is 17.8 Å². The van der Waals surface area contributed by atoms with Gasteiger partial charge in [-0.15, -0.1) is 0 Å². The van der Waals surface area contributed by atoms with Crippen molar-refractivity contribution in [1.82, 2.24) is 19.5 Å². The fraction of sp³-hybridized carbons (Fsp3) is 0.435. The van der Waals surface area contributed by atoms with Gasteiger partial charge >= 0.3 is 5.69 Å². The molecule has 1 aromatic carbocycles. The maximum atomic E-state index is 13.0. The van der Waals surface area contributed by atoms with Gasteiger partial charge in [-0.2, -0.15) is 0 Å². The van der Waals surface area contributed by atoms with Gasteiger partial charge in [0.25, 0.3) is 5.56 Å². The Morgan fingerprint density at radius 1 is 1.24 bits per heavy atom. The fourth-order valence-electron chi connectivity index (χ4n) is 3.79. The molecule has 1 amide bonds. The minimum Gasteiger partial charge on any atom is -0.495 e. The molecule has 2 N–H and O–H groups in total. The number of hydrogen-bond donors (Lipinski definition) is 2. The molecule has 9 nitrogen and oxygen atoms in total. The van der Waals surface area contributed by atoms with Crippen molar-refractivity contribution in [2.75, 3.05) is 12.4 Å². The van der Waals surface area contributed by atoms with Gasteiger partial charge < -0.3 is 10.1 Å². The first-order chi connectivity index (χ1) is 15.9. The number of carbonyl (C=O) groups excluding carboxylic acids is 1. The number of fused-ring (bicyclic) bond motifs is 1. The second-order valence-electron chi connectivity index (χ2n) is 8.67. The van der Waals surface area contributed by atoms with Gasteiger partial charge in [0.05, 0.1) is 18.0 Å². The highest BCUT2D eigenvalue weighted by molar-refractivity contribution is 8.00. The number of hydrogen-bond acceptors (Lipinski definition) is 7. The smallest absolute Gasteiger partial charge is 0.330 e. The Balaban J connectivity index is 1.51. The number of aryl methyl sites for hydroxylation is 1. The average molecular weight is 468 g/mol. The number of anilines is 1. The molecule has 3 aromatic rings. The summed E-state index contributed by atoms with van der Waals surface area (Å²) in [5, 5.41) is 3.05. The molecule has 2 saturated carbocycles. The lowest BCUT2D eigenvalue weighted by atomic mass is 10.2. The monoisotopic (exact) mass is 467 g/mol. The maximum Gasteiger partial charge on any atom is 0.330 e. The third-order valence-corrected chi connectivity index (χ3v) is 6.98. The van der Waals surface area contributed by atoms with Crippen molar-refractivity contribution < 1.29 is 9.53 Å². The highest BCUT2D eigenvalue weighted by atomic mass is 32.2. The lowest BCUT2D eigenvalue weighted by Gasteiger charge is -2.16. The third-order valence-electron chi connectivity index (χ3n) is 5.89. The molecule has 0 spiro atoms. The second-order valence-corrected chi connectivity index (χ2v) is 10.0. The number of ether oxygens (including phenoxy) is 1. The zero-order valence-corrected chi connectivity index (χ0v) is 19.5. The van der Waals surface area contributed by atoms with Gasteiger partial charge in [0, 0.05) is 12.0 Å². The number of H-pyrrole nitrogens is 1. The topological polar surface area (TPSA) is 119 Å². The van der Waals surface area contributed by atoms with Crippen molar-refractivity contribution >= 4 is 34.4 Å². The summed E-state index contributed by atoms with van der Waals surface area (Å²) in [6.07, 6.45) is 3.72. The number of nitrogens with one attached hydrogen (secondary N) is 2. The number of rotatable bonds is 7. The molecule has 2 heterocycles. The van der Waals surface area contributed by atoms with E-state index in [4.69, 9.17) is 4.74 Å². The highest BCUT2D eigenvalue weighted by Crippen LogP contribution is 2.41. The van der Waals surface area contributed by atoms with Gasteiger partial charge in [0.15, 0.2) is 5.65 Å². The summed E-state index contributed by atoms with van der Waals surface area (Å²) in [5.41, 5.74) is 0.987. The Morgan fingerprint density at radius 2 is 2.00 bits per heavy atom. The Bertz CT molecular complexity index is 1370. The molecule has 0 bridgehead atoms. The summed E-state index contributed by atoms with van der Waals surface area (Å²) in [6, 6.07) is 5.61. The van der Waals surface area contributed by atoms with Crippen LogP contribution in [-0.2, 0) is 4.79 Å². The number of methoxy groups -OCH3 is 1. The summed E-state index contributed by atoms with van der Waals surface area (Å²) in [5.74, 6) is 1.20. The molecule has 2 aliphatic carbocycles. The van der Waals surface area contributed by atoms with E-state index >= 15 is 0 Å². The van der Waals surface area contributed by atoms with Crippen LogP contribution in [0.5, 0.6) is 5.75 Å². The van der Waals surface area contributed by atoms with E-state index in [0.717, 1.165) is 31.2 Å². The first-order valence-electron chi connectivity index (χ1n) is 11.0. The molecular formula is C23H25N5O4S. The van der Waals surface area contributed by atoms with E-state index in [0.29, 0.717) is 27.9 Å². The molecule has 0 saturated heterocycles. The van der Waals surface area contributed by atoms with E-state index in [1.165, 1.54) is 11.8 Å². The van der Waals surface area contributed by atoms with Crippen molar-refractivity contribution in [3.63, 3.8) is 0 Å². The number of benzene rings is 1. The predicted octanol–water partition coefficient (Wildman–Crippen LogP) is 3.13. The minimum atomic E-state index is -0.555. The van der Waals surface area contributed by atoms with Gasteiger partial charge in [0.2, 0.25) is 5.91 Å². The Hall–Kier alpha value is -3.14. The molecule has 2 fully saturated rings. The van der Waals surface area contributed by atoms with Crippen molar-refractivity contribution in [2.24, 2.45) is 0 Å². The molecule has 10 heteroatoms. The van der Waals surface area contributed by atoms with Crippen molar-refractivity contribution in [2.45, 2.75) is 61.8 Å². The second kappa shape index (κ2) is 8.33. The van der Waals surface area contributed by atoms with Crippen molar-refractivity contribution in [3.8, 4) is 5.75 Å². The van der Waals surface area contributed by atoms with E-state index < -0.39 is 16.5 Å². The molecule has 172 valence electrons. The Labute approximate surface area is 194 Å². The van der Waals surface area contributed by atoms with Crippen LogP contribution in [0.25, 0.3) is 11.0 Å². The van der Waals surface area contributed by atoms with E-state index in [2.05, 4.69) is 20.3 Å². The van der Waals surface area contributed by atoms with Crippen LogP contribution in [0.4, 0.5) is 5.69 Å². The summed E-state index contributed by atoms with van der Waals surface area (Å²) in [7, 11) is 1.55. The molecule has 2 aromatic heterocycles. The highest BCUT2D eigenvalue weighted by Gasteiger charge is 2.33. The number of carbonyl (C=O) groups is 1. The predicted molar refractivity (Wildman–Crippen MR) is 126 cm³/mol. The van der Waals surface area contributed by atoms with Crippen molar-refractivity contribution in [1.29, 1.82) is 0 Å². The van der Waals surface area contributed by atoms with E-state index in [9.17, 15) is 14.4 Å². The maximum absolute atomic E-state index is 13.0. The van der Waals surface area contributed by atoms with Crippen LogP contribution in [-0.4, -0.2) is 37.8 Å². The molecule has 33 heavy (non-hydrogen) atoms. The SMILES string of the molecule is COc1ccc(C)cc1NC(=O)C(C)Sc1nc(C2CC2)nc2c1c(=O)[nH]c(=O)n2C1CC1. The summed E-state index contributed by atoms with van der Waals surface area (Å²) in [4.78, 5) is 50.1. The summed E-state index contributed by atoms with van der Waals surface area (Å²) >= 11 is 1.20. The molecule has 2 aliphatic rings. The van der Waals surface area contributed by atoms with E-state index in [1.54, 1.807) is 24.7 Å². The van der Waals surface area contributed by atoms with Crippen LogP contribution in [0, 0.1) is 6.92 Å².